The lowest BCUT2D eigenvalue weighted by molar-refractivity contribution is 0.445. The van der Waals surface area contributed by atoms with E-state index in [2.05, 4.69) is 157 Å². The average molecular weight is 710 g/mol. The average Bonchev–Trinajstić information content (AvgIpc) is 3.82. The van der Waals surface area contributed by atoms with Crippen molar-refractivity contribution in [1.29, 1.82) is 0 Å². The van der Waals surface area contributed by atoms with E-state index < -0.39 is 0 Å². The van der Waals surface area contributed by atoms with E-state index in [1.165, 1.54) is 59.6 Å². The van der Waals surface area contributed by atoms with Gasteiger partial charge in [-0.1, -0.05) is 128 Å². The molecule has 0 radical (unpaired) electrons. The summed E-state index contributed by atoms with van der Waals surface area (Å²) in [6, 6.07) is 61.4. The second kappa shape index (κ2) is 13.1. The Hall–Kier alpha value is -6.58. The zero-order valence-corrected chi connectivity index (χ0v) is 30.5. The predicted molar refractivity (Wildman–Crippen MR) is 230 cm³/mol. The molecule has 0 saturated heterocycles. The first-order valence-electron chi connectivity index (χ1n) is 19.6. The molecular weight excluding hydrogens is 671 g/mol. The molecule has 1 saturated carbocycles. The van der Waals surface area contributed by atoms with Crippen molar-refractivity contribution < 1.29 is 8.83 Å². The maximum atomic E-state index is 6.50. The first-order chi connectivity index (χ1) is 27.3. The molecule has 1 aliphatic rings. The molecular formula is C52H39NO2. The van der Waals surface area contributed by atoms with Crippen molar-refractivity contribution in [3.05, 3.63) is 175 Å². The molecule has 10 aromatic rings. The molecule has 0 amide bonds. The quantitative estimate of drug-likeness (QED) is 0.172. The highest BCUT2D eigenvalue weighted by atomic mass is 16.3. The highest BCUT2D eigenvalue weighted by Gasteiger charge is 2.23. The van der Waals surface area contributed by atoms with Gasteiger partial charge in [-0.3, -0.25) is 0 Å². The fourth-order valence-corrected chi connectivity index (χ4v) is 9.26. The van der Waals surface area contributed by atoms with Gasteiger partial charge in [-0.15, -0.1) is 0 Å². The highest BCUT2D eigenvalue weighted by Crippen LogP contribution is 2.47. The van der Waals surface area contributed by atoms with Crippen molar-refractivity contribution in [3.8, 4) is 22.3 Å². The van der Waals surface area contributed by atoms with E-state index >= 15 is 0 Å². The van der Waals surface area contributed by atoms with Crippen LogP contribution < -0.4 is 4.90 Å². The van der Waals surface area contributed by atoms with Crippen LogP contribution in [0, 0.1) is 0 Å². The van der Waals surface area contributed by atoms with Gasteiger partial charge < -0.3 is 13.7 Å². The highest BCUT2D eigenvalue weighted by molar-refractivity contribution is 6.08. The zero-order chi connectivity index (χ0) is 36.3. The Morgan fingerprint density at radius 1 is 0.418 bits per heavy atom. The minimum atomic E-state index is 0.582. The lowest BCUT2D eigenvalue weighted by Gasteiger charge is -2.29. The van der Waals surface area contributed by atoms with Gasteiger partial charge in [0.2, 0.25) is 0 Å². The van der Waals surface area contributed by atoms with Crippen LogP contribution in [0.25, 0.3) is 76.9 Å². The van der Waals surface area contributed by atoms with Gasteiger partial charge >= 0.3 is 0 Å². The maximum absolute atomic E-state index is 6.50. The van der Waals surface area contributed by atoms with Gasteiger partial charge in [0.15, 0.2) is 0 Å². The van der Waals surface area contributed by atoms with E-state index in [9.17, 15) is 0 Å². The summed E-state index contributed by atoms with van der Waals surface area (Å²) < 4.78 is 12.7. The largest absolute Gasteiger partial charge is 0.456 e. The van der Waals surface area contributed by atoms with E-state index in [1.807, 2.05) is 18.2 Å². The Labute approximate surface area is 320 Å². The fourth-order valence-electron chi connectivity index (χ4n) is 9.26. The first kappa shape index (κ1) is 31.9. The maximum Gasteiger partial charge on any atom is 0.137 e. The van der Waals surface area contributed by atoms with Crippen molar-refractivity contribution in [2.24, 2.45) is 0 Å². The second-order valence-corrected chi connectivity index (χ2v) is 15.1. The zero-order valence-electron chi connectivity index (χ0n) is 30.5. The Morgan fingerprint density at radius 2 is 1.05 bits per heavy atom. The van der Waals surface area contributed by atoms with Crippen LogP contribution in [0.4, 0.5) is 17.1 Å². The number of fused-ring (bicyclic) bond motifs is 7. The third kappa shape index (κ3) is 5.41. The summed E-state index contributed by atoms with van der Waals surface area (Å²) >= 11 is 0. The fraction of sp³-hybridized carbons (Fsp3) is 0.115. The number of rotatable bonds is 6. The van der Waals surface area contributed by atoms with E-state index in [-0.39, 0.29) is 0 Å². The normalized spacial score (nSPS) is 13.7. The minimum Gasteiger partial charge on any atom is -0.456 e. The van der Waals surface area contributed by atoms with E-state index in [4.69, 9.17) is 8.83 Å². The van der Waals surface area contributed by atoms with Crippen molar-refractivity contribution >= 4 is 71.7 Å². The van der Waals surface area contributed by atoms with Crippen molar-refractivity contribution in [3.63, 3.8) is 0 Å². The van der Waals surface area contributed by atoms with Crippen LogP contribution in [0.1, 0.15) is 43.6 Å². The number of benzene rings is 8. The van der Waals surface area contributed by atoms with Crippen LogP contribution in [-0.2, 0) is 0 Å². The number of hydrogen-bond acceptors (Lipinski definition) is 3. The molecule has 55 heavy (non-hydrogen) atoms. The summed E-state index contributed by atoms with van der Waals surface area (Å²) in [5.74, 6) is 0.582. The Morgan fingerprint density at radius 3 is 1.91 bits per heavy atom. The molecule has 0 bridgehead atoms. The van der Waals surface area contributed by atoms with Gasteiger partial charge in [0, 0.05) is 44.5 Å². The lowest BCUT2D eigenvalue weighted by atomic mass is 9.80. The number of furan rings is 2. The molecule has 0 aliphatic heterocycles. The molecule has 3 heteroatoms. The molecule has 0 N–H and O–H groups in total. The van der Waals surface area contributed by atoms with Crippen LogP contribution in [0.15, 0.2) is 179 Å². The van der Waals surface area contributed by atoms with E-state index in [0.29, 0.717) is 5.92 Å². The standard InChI is InChI=1S/C52H39NO2/c1-2-13-34(14-3-1)40-22-11-15-35-16-12-23-45(52(35)40)41-19-4-7-24-47(41)53(39-28-29-44-42-20-5-8-25-48(42)55-51(44)33-39)38-18-10-17-36(31-38)37-27-30-50-46(32-37)43-21-6-9-26-49(43)54-50/h4-12,15-34H,1-3,13-14H2. The number of hydrogen-bond donors (Lipinski definition) is 0. The Kier molecular flexibility index (Phi) is 7.58. The van der Waals surface area contributed by atoms with Gasteiger partial charge in [0.25, 0.3) is 0 Å². The monoisotopic (exact) mass is 709 g/mol. The molecule has 1 aliphatic carbocycles. The number of nitrogens with zero attached hydrogens (tertiary/aromatic N) is 1. The van der Waals surface area contributed by atoms with Gasteiger partial charge in [-0.2, -0.15) is 0 Å². The third-order valence-corrected chi connectivity index (χ3v) is 11.9. The van der Waals surface area contributed by atoms with Crippen LogP contribution in [-0.4, -0.2) is 0 Å². The molecule has 0 unspecified atom stereocenters. The molecule has 3 nitrogen and oxygen atoms in total. The second-order valence-electron chi connectivity index (χ2n) is 15.1. The molecule has 1 fully saturated rings. The Bertz CT molecular complexity index is 3040. The topological polar surface area (TPSA) is 29.5 Å². The van der Waals surface area contributed by atoms with Crippen molar-refractivity contribution in [2.75, 3.05) is 4.90 Å². The molecule has 0 atom stereocenters. The van der Waals surface area contributed by atoms with Gasteiger partial charge in [-0.25, -0.2) is 0 Å². The first-order valence-corrected chi connectivity index (χ1v) is 19.6. The predicted octanol–water partition coefficient (Wildman–Crippen LogP) is 15.5. The summed E-state index contributed by atoms with van der Waals surface area (Å²) in [7, 11) is 0. The number of para-hydroxylation sites is 3. The Balaban J connectivity index is 1.12. The molecule has 8 aromatic carbocycles. The van der Waals surface area contributed by atoms with Crippen LogP contribution in [0.3, 0.4) is 0 Å². The van der Waals surface area contributed by atoms with Crippen LogP contribution in [0.2, 0.25) is 0 Å². The molecule has 264 valence electrons. The smallest absolute Gasteiger partial charge is 0.137 e. The molecule has 0 spiro atoms. The van der Waals surface area contributed by atoms with Crippen molar-refractivity contribution in [1.82, 2.24) is 0 Å². The van der Waals surface area contributed by atoms with Crippen molar-refractivity contribution in [2.45, 2.75) is 38.0 Å². The number of anilines is 3. The van der Waals surface area contributed by atoms with E-state index in [1.54, 1.807) is 0 Å². The molecule has 2 heterocycles. The van der Waals surface area contributed by atoms with Gasteiger partial charge in [-0.05, 0) is 106 Å². The van der Waals surface area contributed by atoms with Crippen LogP contribution in [0.5, 0.6) is 0 Å². The summed E-state index contributed by atoms with van der Waals surface area (Å²) in [5, 5.41) is 7.19. The molecule has 11 rings (SSSR count). The molecule has 2 aromatic heterocycles. The minimum absolute atomic E-state index is 0.582. The van der Waals surface area contributed by atoms with E-state index in [0.717, 1.165) is 72.1 Å². The SMILES string of the molecule is c1cc(-c2ccc3oc4ccccc4c3c2)cc(N(c2ccc3c(c2)oc2ccccc23)c2ccccc2-c2cccc3cccc(C4CCCCC4)c23)c1. The summed E-state index contributed by atoms with van der Waals surface area (Å²) in [4.78, 5) is 2.42. The third-order valence-electron chi connectivity index (χ3n) is 11.9. The van der Waals surface area contributed by atoms with Gasteiger partial charge in [0.1, 0.15) is 22.3 Å². The van der Waals surface area contributed by atoms with Crippen LogP contribution >= 0.6 is 0 Å². The summed E-state index contributed by atoms with van der Waals surface area (Å²) in [6.07, 6.45) is 6.46. The van der Waals surface area contributed by atoms with Gasteiger partial charge in [0.05, 0.1) is 5.69 Å². The summed E-state index contributed by atoms with van der Waals surface area (Å²) in [6.45, 7) is 0. The lowest BCUT2D eigenvalue weighted by Crippen LogP contribution is -2.11. The summed E-state index contributed by atoms with van der Waals surface area (Å²) in [5.41, 5.74) is 13.1.